The second kappa shape index (κ2) is 7.01. The van der Waals surface area contributed by atoms with Crippen LogP contribution in [-0.2, 0) is 6.42 Å². The molecule has 4 nitrogen and oxygen atoms in total. The van der Waals surface area contributed by atoms with Crippen LogP contribution in [0.4, 0.5) is 0 Å². The molecule has 3 aromatic rings. The molecule has 3 rings (SSSR count). The van der Waals surface area contributed by atoms with E-state index in [0.29, 0.717) is 22.7 Å². The van der Waals surface area contributed by atoms with Crippen molar-refractivity contribution in [2.75, 3.05) is 5.75 Å². The Morgan fingerprint density at radius 2 is 1.88 bits per heavy atom. The highest BCUT2D eigenvalue weighted by Gasteiger charge is 2.20. The largest absolute Gasteiger partial charge is 0.301 e. The zero-order chi connectivity index (χ0) is 17.1. The molecule has 0 fully saturated rings. The van der Waals surface area contributed by atoms with Crippen molar-refractivity contribution in [3.63, 3.8) is 0 Å². The standard InChI is InChI=1S/C19H18N2O2S/c1-3-13-16(20-19(24-4-2)21-18(13)23)17(22)15-11-7-9-12-8-5-6-10-14(12)15/h5-11H,3-4H2,1-2H3,(H,20,21,23). The fourth-order valence-electron chi connectivity index (χ4n) is 2.75. The summed E-state index contributed by atoms with van der Waals surface area (Å²) >= 11 is 1.42. The third-order valence-corrected chi connectivity index (χ3v) is 4.63. The minimum atomic E-state index is -0.230. The van der Waals surface area contributed by atoms with Gasteiger partial charge >= 0.3 is 0 Å². The van der Waals surface area contributed by atoms with Crippen molar-refractivity contribution in [3.8, 4) is 0 Å². The van der Waals surface area contributed by atoms with Crippen LogP contribution in [0.5, 0.6) is 0 Å². The lowest BCUT2D eigenvalue weighted by Crippen LogP contribution is -2.21. The second-order valence-electron chi connectivity index (χ2n) is 5.34. The van der Waals surface area contributed by atoms with E-state index >= 15 is 0 Å². The number of nitrogens with one attached hydrogen (secondary N) is 1. The lowest BCUT2D eigenvalue weighted by molar-refractivity contribution is 0.103. The summed E-state index contributed by atoms with van der Waals surface area (Å²) in [5, 5.41) is 2.36. The van der Waals surface area contributed by atoms with Gasteiger partial charge in [-0.15, -0.1) is 0 Å². The van der Waals surface area contributed by atoms with Crippen molar-refractivity contribution >= 4 is 28.3 Å². The van der Waals surface area contributed by atoms with E-state index in [9.17, 15) is 9.59 Å². The van der Waals surface area contributed by atoms with E-state index in [-0.39, 0.29) is 17.0 Å². The van der Waals surface area contributed by atoms with Gasteiger partial charge in [0.15, 0.2) is 5.16 Å². The molecule has 122 valence electrons. The average Bonchev–Trinajstić information content (AvgIpc) is 2.60. The van der Waals surface area contributed by atoms with Gasteiger partial charge in [0.1, 0.15) is 5.69 Å². The number of hydrogen-bond acceptors (Lipinski definition) is 4. The summed E-state index contributed by atoms with van der Waals surface area (Å²) in [7, 11) is 0. The van der Waals surface area contributed by atoms with Gasteiger partial charge in [-0.25, -0.2) is 4.98 Å². The molecular weight excluding hydrogens is 320 g/mol. The first-order valence-corrected chi connectivity index (χ1v) is 8.92. The van der Waals surface area contributed by atoms with Crippen LogP contribution < -0.4 is 5.56 Å². The number of aromatic nitrogens is 2. The van der Waals surface area contributed by atoms with Crippen LogP contribution in [0.15, 0.2) is 52.4 Å². The number of carbonyl (C=O) groups excluding carboxylic acids is 1. The summed E-state index contributed by atoms with van der Waals surface area (Å²) in [5.74, 6) is 0.573. The molecule has 0 saturated heterocycles. The maximum Gasteiger partial charge on any atom is 0.255 e. The van der Waals surface area contributed by atoms with Gasteiger partial charge in [0.2, 0.25) is 5.78 Å². The van der Waals surface area contributed by atoms with Crippen LogP contribution in [0.3, 0.4) is 0 Å². The molecule has 1 aromatic heterocycles. The molecule has 5 heteroatoms. The Hall–Kier alpha value is -2.40. The smallest absolute Gasteiger partial charge is 0.255 e. The zero-order valence-corrected chi connectivity index (χ0v) is 14.4. The number of ketones is 1. The predicted octanol–water partition coefficient (Wildman–Crippen LogP) is 3.83. The molecule has 0 aliphatic rings. The van der Waals surface area contributed by atoms with E-state index in [4.69, 9.17) is 0 Å². The van der Waals surface area contributed by atoms with Crippen molar-refractivity contribution in [2.24, 2.45) is 0 Å². The molecule has 0 radical (unpaired) electrons. The highest BCUT2D eigenvalue weighted by atomic mass is 32.2. The summed E-state index contributed by atoms with van der Waals surface area (Å²) in [5.41, 5.74) is 1.04. The fourth-order valence-corrected chi connectivity index (χ4v) is 3.34. The number of nitrogens with zero attached hydrogens (tertiary/aromatic N) is 1. The second-order valence-corrected chi connectivity index (χ2v) is 6.59. The first-order valence-electron chi connectivity index (χ1n) is 7.94. The number of benzene rings is 2. The summed E-state index contributed by atoms with van der Waals surface area (Å²) in [4.78, 5) is 32.6. The van der Waals surface area contributed by atoms with E-state index in [0.717, 1.165) is 16.5 Å². The summed E-state index contributed by atoms with van der Waals surface area (Å²) in [6.45, 7) is 3.84. The molecule has 0 atom stereocenters. The molecule has 0 amide bonds. The van der Waals surface area contributed by atoms with Crippen molar-refractivity contribution in [1.29, 1.82) is 0 Å². The molecular formula is C19H18N2O2S. The Balaban J connectivity index is 2.20. The van der Waals surface area contributed by atoms with Gasteiger partial charge in [-0.05, 0) is 22.9 Å². The number of hydrogen-bond donors (Lipinski definition) is 1. The minimum Gasteiger partial charge on any atom is -0.301 e. The molecule has 0 aliphatic heterocycles. The van der Waals surface area contributed by atoms with Gasteiger partial charge < -0.3 is 4.98 Å². The highest BCUT2D eigenvalue weighted by Crippen LogP contribution is 2.22. The molecule has 0 bridgehead atoms. The Kier molecular flexibility index (Phi) is 4.81. The van der Waals surface area contributed by atoms with Crippen LogP contribution in [0, 0.1) is 0 Å². The van der Waals surface area contributed by atoms with Gasteiger partial charge in [-0.3, -0.25) is 9.59 Å². The maximum absolute atomic E-state index is 13.1. The van der Waals surface area contributed by atoms with Crippen molar-refractivity contribution in [3.05, 3.63) is 69.6 Å². The van der Waals surface area contributed by atoms with E-state index in [2.05, 4.69) is 9.97 Å². The van der Waals surface area contributed by atoms with Crippen LogP contribution in [0.2, 0.25) is 0 Å². The first kappa shape index (κ1) is 16.5. The number of rotatable bonds is 5. The van der Waals surface area contributed by atoms with E-state index in [1.165, 1.54) is 11.8 Å². The molecule has 0 unspecified atom stereocenters. The Bertz CT molecular complexity index is 958. The van der Waals surface area contributed by atoms with Gasteiger partial charge in [0.25, 0.3) is 5.56 Å². The number of aromatic amines is 1. The summed E-state index contributed by atoms with van der Waals surface area (Å²) in [6, 6.07) is 13.4. The zero-order valence-electron chi connectivity index (χ0n) is 13.6. The number of thioether (sulfide) groups is 1. The van der Waals surface area contributed by atoms with E-state index < -0.39 is 0 Å². The molecule has 0 spiro atoms. The third-order valence-electron chi connectivity index (χ3n) is 3.88. The molecule has 2 aromatic carbocycles. The molecule has 24 heavy (non-hydrogen) atoms. The first-order chi connectivity index (χ1) is 11.7. The Morgan fingerprint density at radius 1 is 1.12 bits per heavy atom. The number of fused-ring (bicyclic) bond motifs is 1. The number of H-pyrrole nitrogens is 1. The average molecular weight is 338 g/mol. The number of carbonyl (C=O) groups is 1. The molecule has 0 saturated carbocycles. The normalized spacial score (nSPS) is 10.9. The molecule has 0 aliphatic carbocycles. The van der Waals surface area contributed by atoms with Crippen LogP contribution in [-0.4, -0.2) is 21.5 Å². The van der Waals surface area contributed by atoms with Crippen molar-refractivity contribution in [2.45, 2.75) is 25.4 Å². The lowest BCUT2D eigenvalue weighted by Gasteiger charge is -2.09. The van der Waals surface area contributed by atoms with Crippen LogP contribution in [0.25, 0.3) is 10.8 Å². The quantitative estimate of drug-likeness (QED) is 0.436. The van der Waals surface area contributed by atoms with Gasteiger partial charge in [-0.1, -0.05) is 68.1 Å². The van der Waals surface area contributed by atoms with E-state index in [1.54, 1.807) is 6.07 Å². The minimum absolute atomic E-state index is 0.201. The van der Waals surface area contributed by atoms with Crippen molar-refractivity contribution < 1.29 is 4.79 Å². The third kappa shape index (κ3) is 2.99. The van der Waals surface area contributed by atoms with Crippen LogP contribution in [0.1, 0.15) is 35.5 Å². The van der Waals surface area contributed by atoms with Crippen LogP contribution >= 0.6 is 11.8 Å². The topological polar surface area (TPSA) is 62.8 Å². The SMILES string of the molecule is CCSc1nc(C(=O)c2cccc3ccccc23)c(CC)c(=O)[nH]1. The van der Waals surface area contributed by atoms with E-state index in [1.807, 2.05) is 50.2 Å². The summed E-state index contributed by atoms with van der Waals surface area (Å²) in [6.07, 6.45) is 0.464. The fraction of sp³-hybridized carbons (Fsp3) is 0.211. The Morgan fingerprint density at radius 3 is 2.62 bits per heavy atom. The van der Waals surface area contributed by atoms with Gasteiger partial charge in [-0.2, -0.15) is 0 Å². The predicted molar refractivity (Wildman–Crippen MR) is 98.0 cm³/mol. The highest BCUT2D eigenvalue weighted by molar-refractivity contribution is 7.99. The molecule has 1 heterocycles. The summed E-state index contributed by atoms with van der Waals surface area (Å²) < 4.78 is 0. The Labute approximate surface area is 144 Å². The van der Waals surface area contributed by atoms with Gasteiger partial charge in [0, 0.05) is 11.1 Å². The maximum atomic E-state index is 13.1. The molecule has 1 N–H and O–H groups in total. The monoisotopic (exact) mass is 338 g/mol. The van der Waals surface area contributed by atoms with Crippen molar-refractivity contribution in [1.82, 2.24) is 9.97 Å². The van der Waals surface area contributed by atoms with Gasteiger partial charge in [0.05, 0.1) is 0 Å². The lowest BCUT2D eigenvalue weighted by atomic mass is 9.97.